The van der Waals surface area contributed by atoms with Gasteiger partial charge in [-0.25, -0.2) is 19.7 Å². The van der Waals surface area contributed by atoms with Crippen molar-refractivity contribution >= 4 is 45.9 Å². The summed E-state index contributed by atoms with van der Waals surface area (Å²) in [5, 5.41) is 5.00. The van der Waals surface area contributed by atoms with Crippen LogP contribution in [0.5, 0.6) is 0 Å². The molecule has 0 aliphatic carbocycles. The molecule has 8 nitrogen and oxygen atoms in total. The average molecular weight is 430 g/mol. The van der Waals surface area contributed by atoms with Gasteiger partial charge in [-0.3, -0.25) is 4.79 Å². The number of carbonyl (C=O) groups excluding carboxylic acids is 2. The van der Waals surface area contributed by atoms with Crippen LogP contribution in [-0.2, 0) is 9.53 Å². The summed E-state index contributed by atoms with van der Waals surface area (Å²) >= 11 is 2.49. The second-order valence-corrected chi connectivity index (χ2v) is 7.99. The molecule has 2 heterocycles. The smallest absolute Gasteiger partial charge is 0.343 e. The second kappa shape index (κ2) is 9.48. The number of thioether (sulfide) groups is 1. The van der Waals surface area contributed by atoms with Gasteiger partial charge in [0.25, 0.3) is 0 Å². The summed E-state index contributed by atoms with van der Waals surface area (Å²) in [5.74, 6) is -0.799. The van der Waals surface area contributed by atoms with Crippen LogP contribution >= 0.6 is 23.1 Å². The van der Waals surface area contributed by atoms with Gasteiger partial charge in [-0.1, -0.05) is 42.1 Å². The molecule has 3 rings (SSSR count). The molecular weight excluding hydrogens is 410 g/mol. The molecule has 10 heteroatoms. The summed E-state index contributed by atoms with van der Waals surface area (Å²) in [4.78, 5) is 36.9. The van der Waals surface area contributed by atoms with Crippen LogP contribution in [0, 0.1) is 0 Å². The SMILES string of the molecule is CCOC(=O)c1cnc(S[C@H](C)C(=O)Nc2nc(-c3ccccc3)cs2)nc1N. The fourth-order valence-electron chi connectivity index (χ4n) is 2.29. The fourth-order valence-corrected chi connectivity index (χ4v) is 3.76. The van der Waals surface area contributed by atoms with Crippen LogP contribution in [0.15, 0.2) is 47.1 Å². The largest absolute Gasteiger partial charge is 0.462 e. The van der Waals surface area contributed by atoms with E-state index in [0.717, 1.165) is 23.0 Å². The maximum atomic E-state index is 12.5. The molecule has 3 aromatic rings. The van der Waals surface area contributed by atoms with E-state index in [9.17, 15) is 9.59 Å². The minimum atomic E-state index is -0.578. The van der Waals surface area contributed by atoms with Crippen molar-refractivity contribution < 1.29 is 14.3 Å². The van der Waals surface area contributed by atoms with Crippen molar-refractivity contribution in [2.45, 2.75) is 24.3 Å². The van der Waals surface area contributed by atoms with E-state index in [1.165, 1.54) is 17.5 Å². The standard InChI is InChI=1S/C19H19N5O3S2/c1-3-27-17(26)13-9-21-18(23-15(13)20)29-11(2)16(25)24-19-22-14(10-28-19)12-7-5-4-6-8-12/h4-11H,3H2,1-2H3,(H2,20,21,23)(H,22,24,25)/t11-/m1/s1. The van der Waals surface area contributed by atoms with Gasteiger partial charge in [0, 0.05) is 17.1 Å². The van der Waals surface area contributed by atoms with Crippen molar-refractivity contribution in [3.8, 4) is 11.3 Å². The average Bonchev–Trinajstić information content (AvgIpc) is 3.17. The van der Waals surface area contributed by atoms with Crippen LogP contribution in [0.4, 0.5) is 10.9 Å². The minimum absolute atomic E-state index is 0.0148. The van der Waals surface area contributed by atoms with Crippen LogP contribution in [0.25, 0.3) is 11.3 Å². The number of nitrogens with two attached hydrogens (primary N) is 1. The fraction of sp³-hybridized carbons (Fsp3) is 0.211. The van der Waals surface area contributed by atoms with Crippen LogP contribution in [0.2, 0.25) is 0 Å². The summed E-state index contributed by atoms with van der Waals surface area (Å²) in [7, 11) is 0. The van der Waals surface area contributed by atoms with Gasteiger partial charge in [0.1, 0.15) is 11.4 Å². The summed E-state index contributed by atoms with van der Waals surface area (Å²) in [6.07, 6.45) is 1.31. The summed E-state index contributed by atoms with van der Waals surface area (Å²) in [6.45, 7) is 3.66. The maximum Gasteiger partial charge on any atom is 0.343 e. The second-order valence-electron chi connectivity index (χ2n) is 5.83. The van der Waals surface area contributed by atoms with Crippen molar-refractivity contribution in [3.63, 3.8) is 0 Å². The predicted molar refractivity (Wildman–Crippen MR) is 114 cm³/mol. The number of carbonyl (C=O) groups is 2. The lowest BCUT2D eigenvalue weighted by molar-refractivity contribution is -0.115. The highest BCUT2D eigenvalue weighted by molar-refractivity contribution is 8.00. The first kappa shape index (κ1) is 20.7. The van der Waals surface area contributed by atoms with E-state index >= 15 is 0 Å². The Morgan fingerprint density at radius 3 is 2.72 bits per heavy atom. The lowest BCUT2D eigenvalue weighted by Gasteiger charge is -2.10. The molecular formula is C19H19N5O3S2. The van der Waals surface area contributed by atoms with E-state index in [-0.39, 0.29) is 23.9 Å². The molecule has 0 fully saturated rings. The molecule has 0 bridgehead atoms. The van der Waals surface area contributed by atoms with E-state index in [0.29, 0.717) is 10.3 Å². The molecule has 150 valence electrons. The van der Waals surface area contributed by atoms with Gasteiger partial charge in [-0.05, 0) is 13.8 Å². The lowest BCUT2D eigenvalue weighted by Crippen LogP contribution is -2.22. The number of hydrogen-bond donors (Lipinski definition) is 2. The molecule has 0 saturated carbocycles. The van der Waals surface area contributed by atoms with Crippen molar-refractivity contribution in [3.05, 3.63) is 47.5 Å². The molecule has 3 N–H and O–H groups in total. The molecule has 29 heavy (non-hydrogen) atoms. The number of ether oxygens (including phenoxy) is 1. The van der Waals surface area contributed by atoms with Gasteiger partial charge in [0.05, 0.1) is 17.6 Å². The van der Waals surface area contributed by atoms with Gasteiger partial charge >= 0.3 is 5.97 Å². The number of aromatic nitrogens is 3. The van der Waals surface area contributed by atoms with E-state index in [1.54, 1.807) is 13.8 Å². The van der Waals surface area contributed by atoms with Crippen LogP contribution in [0.3, 0.4) is 0 Å². The van der Waals surface area contributed by atoms with E-state index in [2.05, 4.69) is 20.3 Å². The Bertz CT molecular complexity index is 1010. The van der Waals surface area contributed by atoms with Crippen molar-refractivity contribution in [1.82, 2.24) is 15.0 Å². The number of hydrogen-bond acceptors (Lipinski definition) is 9. The third-order valence-corrected chi connectivity index (χ3v) is 5.48. The number of nitrogen functional groups attached to an aromatic ring is 1. The Morgan fingerprint density at radius 1 is 1.28 bits per heavy atom. The molecule has 0 saturated heterocycles. The molecule has 0 radical (unpaired) electrons. The lowest BCUT2D eigenvalue weighted by atomic mass is 10.2. The number of thiazole rings is 1. The zero-order valence-electron chi connectivity index (χ0n) is 15.8. The zero-order chi connectivity index (χ0) is 20.8. The number of benzene rings is 1. The highest BCUT2D eigenvalue weighted by atomic mass is 32.2. The van der Waals surface area contributed by atoms with E-state index < -0.39 is 11.2 Å². The molecule has 1 aromatic carbocycles. The first-order valence-corrected chi connectivity index (χ1v) is 10.5. The Balaban J connectivity index is 1.62. The summed E-state index contributed by atoms with van der Waals surface area (Å²) < 4.78 is 4.89. The van der Waals surface area contributed by atoms with Crippen molar-refractivity contribution in [1.29, 1.82) is 0 Å². The van der Waals surface area contributed by atoms with Gasteiger partial charge in [0.2, 0.25) is 5.91 Å². The number of amides is 1. The maximum absolute atomic E-state index is 12.5. The monoisotopic (exact) mass is 429 g/mol. The number of esters is 1. The molecule has 1 amide bonds. The molecule has 0 unspecified atom stereocenters. The van der Waals surface area contributed by atoms with Gasteiger partial charge in [0.15, 0.2) is 10.3 Å². The molecule has 1 atom stereocenters. The third-order valence-electron chi connectivity index (χ3n) is 3.75. The number of rotatable bonds is 7. The third kappa shape index (κ3) is 5.30. The van der Waals surface area contributed by atoms with E-state index in [4.69, 9.17) is 10.5 Å². The Labute approximate surface area is 175 Å². The first-order valence-electron chi connectivity index (χ1n) is 8.76. The van der Waals surface area contributed by atoms with Gasteiger partial charge in [-0.15, -0.1) is 11.3 Å². The zero-order valence-corrected chi connectivity index (χ0v) is 17.4. The number of nitrogens with zero attached hydrogens (tertiary/aromatic N) is 3. The topological polar surface area (TPSA) is 120 Å². The van der Waals surface area contributed by atoms with Crippen molar-refractivity contribution in [2.75, 3.05) is 17.7 Å². The van der Waals surface area contributed by atoms with Crippen molar-refractivity contribution in [2.24, 2.45) is 0 Å². The summed E-state index contributed by atoms with van der Waals surface area (Å²) in [5.41, 5.74) is 7.70. The predicted octanol–water partition coefficient (Wildman–Crippen LogP) is 3.48. The van der Waals surface area contributed by atoms with E-state index in [1.807, 2.05) is 35.7 Å². The number of nitrogens with one attached hydrogen (secondary N) is 1. The van der Waals surface area contributed by atoms with Gasteiger partial charge in [-0.2, -0.15) is 0 Å². The Morgan fingerprint density at radius 2 is 2.03 bits per heavy atom. The Kier molecular flexibility index (Phi) is 6.78. The molecule has 0 aliphatic rings. The minimum Gasteiger partial charge on any atom is -0.462 e. The highest BCUT2D eigenvalue weighted by Crippen LogP contribution is 2.26. The van der Waals surface area contributed by atoms with Crippen LogP contribution in [-0.4, -0.2) is 38.7 Å². The normalized spacial score (nSPS) is 11.7. The quantitative estimate of drug-likeness (QED) is 0.333. The van der Waals surface area contributed by atoms with Crippen LogP contribution in [0.1, 0.15) is 24.2 Å². The summed E-state index contributed by atoms with van der Waals surface area (Å²) in [6, 6.07) is 9.72. The molecule has 2 aromatic heterocycles. The molecule has 0 aliphatic heterocycles. The molecule has 0 spiro atoms. The van der Waals surface area contributed by atoms with Crippen LogP contribution < -0.4 is 11.1 Å². The first-order chi connectivity index (χ1) is 14.0. The highest BCUT2D eigenvalue weighted by Gasteiger charge is 2.20. The Hall–Kier alpha value is -2.98. The number of anilines is 2. The van der Waals surface area contributed by atoms with Gasteiger partial charge < -0.3 is 15.8 Å².